The molecule has 1 amide bonds. The molecule has 0 saturated heterocycles. The lowest BCUT2D eigenvalue weighted by molar-refractivity contribution is -0.116. The van der Waals surface area contributed by atoms with Gasteiger partial charge in [-0.3, -0.25) is 4.79 Å². The fourth-order valence-corrected chi connectivity index (χ4v) is 2.48. The highest BCUT2D eigenvalue weighted by Crippen LogP contribution is 2.20. The number of nitrogens with zero attached hydrogens (tertiary/aromatic N) is 2. The number of halogens is 1. The number of hydrogen-bond donors (Lipinski definition) is 1. The van der Waals surface area contributed by atoms with Gasteiger partial charge in [-0.1, -0.05) is 42.9 Å². The molecule has 0 aliphatic heterocycles. The number of carbonyl (C=O) groups excluding carboxylic acids is 1. The predicted octanol–water partition coefficient (Wildman–Crippen LogP) is 3.40. The van der Waals surface area contributed by atoms with Gasteiger partial charge in [0.2, 0.25) is 11.0 Å². The molecule has 0 aliphatic carbocycles. The second-order valence-corrected chi connectivity index (χ2v) is 5.48. The lowest BCUT2D eigenvalue weighted by Crippen LogP contribution is -2.10. The van der Waals surface area contributed by atoms with E-state index in [9.17, 15) is 9.18 Å². The number of aromatic nitrogens is 2. The van der Waals surface area contributed by atoms with Crippen molar-refractivity contribution in [3.05, 3.63) is 40.7 Å². The molecule has 0 unspecified atom stereocenters. The van der Waals surface area contributed by atoms with Crippen molar-refractivity contribution in [2.24, 2.45) is 0 Å². The Balaban J connectivity index is 1.96. The molecule has 0 aliphatic rings. The minimum Gasteiger partial charge on any atom is -0.301 e. The third-order valence-electron chi connectivity index (χ3n) is 2.77. The quantitative estimate of drug-likeness (QED) is 0.888. The van der Waals surface area contributed by atoms with Gasteiger partial charge < -0.3 is 5.32 Å². The number of unbranched alkanes of at least 4 members (excludes halogenated alkanes) is 1. The molecule has 2 aromatic rings. The molecule has 0 radical (unpaired) electrons. The molecule has 1 heterocycles. The van der Waals surface area contributed by atoms with Gasteiger partial charge in [0.05, 0.1) is 0 Å². The highest BCUT2D eigenvalue weighted by molar-refractivity contribution is 7.15. The Morgan fingerprint density at radius 1 is 1.35 bits per heavy atom. The van der Waals surface area contributed by atoms with Gasteiger partial charge in [0.1, 0.15) is 10.8 Å². The summed E-state index contributed by atoms with van der Waals surface area (Å²) in [6, 6.07) is 6.57. The summed E-state index contributed by atoms with van der Waals surface area (Å²) in [4.78, 5) is 11.6. The summed E-state index contributed by atoms with van der Waals surface area (Å²) in [5, 5.41) is 11.7. The van der Waals surface area contributed by atoms with Crippen molar-refractivity contribution >= 4 is 22.4 Å². The molecule has 1 N–H and O–H groups in total. The van der Waals surface area contributed by atoms with Crippen molar-refractivity contribution in [2.75, 3.05) is 5.32 Å². The van der Waals surface area contributed by atoms with Crippen molar-refractivity contribution in [3.8, 4) is 0 Å². The van der Waals surface area contributed by atoms with Gasteiger partial charge in [0.25, 0.3) is 0 Å². The number of anilines is 1. The van der Waals surface area contributed by atoms with Gasteiger partial charge in [-0.2, -0.15) is 0 Å². The van der Waals surface area contributed by atoms with Gasteiger partial charge in [-0.05, 0) is 18.1 Å². The molecule has 0 bridgehead atoms. The normalized spacial score (nSPS) is 10.5. The maximum absolute atomic E-state index is 13.5. The van der Waals surface area contributed by atoms with Crippen molar-refractivity contribution in [2.45, 2.75) is 32.6 Å². The molecule has 4 nitrogen and oxygen atoms in total. The molecule has 6 heteroatoms. The monoisotopic (exact) mass is 293 g/mol. The van der Waals surface area contributed by atoms with E-state index in [1.807, 2.05) is 6.92 Å². The fourth-order valence-electron chi connectivity index (χ4n) is 1.70. The molecule has 20 heavy (non-hydrogen) atoms. The number of hydrogen-bond acceptors (Lipinski definition) is 4. The molecule has 0 atom stereocenters. The maximum atomic E-state index is 13.5. The molecular formula is C14H16FN3OS. The smallest absolute Gasteiger partial charge is 0.226 e. The first-order valence-electron chi connectivity index (χ1n) is 6.54. The van der Waals surface area contributed by atoms with Crippen molar-refractivity contribution in [1.29, 1.82) is 0 Å². The molecule has 106 valence electrons. The van der Waals surface area contributed by atoms with Crippen LogP contribution >= 0.6 is 11.3 Å². The number of amides is 1. The van der Waals surface area contributed by atoms with E-state index in [4.69, 9.17) is 0 Å². The van der Waals surface area contributed by atoms with Crippen LogP contribution in [0.1, 0.15) is 36.8 Å². The predicted molar refractivity (Wildman–Crippen MR) is 77.3 cm³/mol. The zero-order valence-electron chi connectivity index (χ0n) is 11.2. The van der Waals surface area contributed by atoms with Crippen LogP contribution < -0.4 is 5.32 Å². The number of rotatable bonds is 6. The lowest BCUT2D eigenvalue weighted by Gasteiger charge is -1.99. The Morgan fingerprint density at radius 3 is 2.90 bits per heavy atom. The van der Waals surface area contributed by atoms with E-state index in [0.717, 1.165) is 12.8 Å². The maximum Gasteiger partial charge on any atom is 0.226 e. The van der Waals surface area contributed by atoms with E-state index in [0.29, 0.717) is 28.5 Å². The van der Waals surface area contributed by atoms with Crippen LogP contribution in [0.2, 0.25) is 0 Å². The first-order chi connectivity index (χ1) is 9.69. The van der Waals surface area contributed by atoms with E-state index in [2.05, 4.69) is 15.5 Å². The summed E-state index contributed by atoms with van der Waals surface area (Å²) in [6.07, 6.45) is 2.70. The first-order valence-corrected chi connectivity index (χ1v) is 7.36. The van der Waals surface area contributed by atoms with Gasteiger partial charge in [-0.25, -0.2) is 4.39 Å². The average molecular weight is 293 g/mol. The zero-order valence-corrected chi connectivity index (χ0v) is 12.0. The van der Waals surface area contributed by atoms with Crippen LogP contribution in [0.15, 0.2) is 24.3 Å². The molecule has 0 fully saturated rings. The lowest BCUT2D eigenvalue weighted by atomic mass is 10.1. The SMILES string of the molecule is CCCCC(=O)Nc1nnc(Cc2ccccc2F)s1. The van der Waals surface area contributed by atoms with E-state index in [-0.39, 0.29) is 11.7 Å². The van der Waals surface area contributed by atoms with Crippen LogP contribution in [-0.2, 0) is 11.2 Å². The molecule has 1 aromatic carbocycles. The third-order valence-corrected chi connectivity index (χ3v) is 3.61. The topological polar surface area (TPSA) is 54.9 Å². The highest BCUT2D eigenvalue weighted by Gasteiger charge is 2.10. The summed E-state index contributed by atoms with van der Waals surface area (Å²) in [5.41, 5.74) is 0.576. The fraction of sp³-hybridized carbons (Fsp3) is 0.357. The van der Waals surface area contributed by atoms with Crippen molar-refractivity contribution in [1.82, 2.24) is 10.2 Å². The first kappa shape index (κ1) is 14.6. The number of benzene rings is 1. The average Bonchev–Trinajstić information content (AvgIpc) is 2.86. The van der Waals surface area contributed by atoms with E-state index >= 15 is 0 Å². The second-order valence-electron chi connectivity index (χ2n) is 4.42. The van der Waals surface area contributed by atoms with Gasteiger partial charge in [-0.15, -0.1) is 10.2 Å². The van der Waals surface area contributed by atoms with E-state index in [1.54, 1.807) is 18.2 Å². The number of nitrogens with one attached hydrogen (secondary N) is 1. The highest BCUT2D eigenvalue weighted by atomic mass is 32.1. The van der Waals surface area contributed by atoms with Crippen molar-refractivity contribution < 1.29 is 9.18 Å². The largest absolute Gasteiger partial charge is 0.301 e. The van der Waals surface area contributed by atoms with Crippen LogP contribution in [0.4, 0.5) is 9.52 Å². The molecule has 0 spiro atoms. The Labute approximate surface area is 121 Å². The molecule has 0 saturated carbocycles. The van der Waals surface area contributed by atoms with Crippen LogP contribution in [0.3, 0.4) is 0 Å². The Morgan fingerprint density at radius 2 is 2.15 bits per heavy atom. The van der Waals surface area contributed by atoms with Crippen LogP contribution in [0.25, 0.3) is 0 Å². The van der Waals surface area contributed by atoms with Gasteiger partial charge in [0.15, 0.2) is 0 Å². The van der Waals surface area contributed by atoms with Gasteiger partial charge >= 0.3 is 0 Å². The van der Waals surface area contributed by atoms with E-state index < -0.39 is 0 Å². The summed E-state index contributed by atoms with van der Waals surface area (Å²) < 4.78 is 13.5. The summed E-state index contributed by atoms with van der Waals surface area (Å²) in [6.45, 7) is 2.03. The minimum atomic E-state index is -0.253. The number of carbonyl (C=O) groups is 1. The van der Waals surface area contributed by atoms with E-state index in [1.165, 1.54) is 17.4 Å². The van der Waals surface area contributed by atoms with Crippen LogP contribution in [0.5, 0.6) is 0 Å². The van der Waals surface area contributed by atoms with Crippen molar-refractivity contribution in [3.63, 3.8) is 0 Å². The Kier molecular flexibility index (Phi) is 5.17. The standard InChI is InChI=1S/C14H16FN3OS/c1-2-3-8-12(19)16-14-18-17-13(20-14)9-10-6-4-5-7-11(10)15/h4-7H,2-3,8-9H2,1H3,(H,16,18,19). The van der Waals surface area contributed by atoms with Gasteiger partial charge in [0, 0.05) is 12.8 Å². The minimum absolute atomic E-state index is 0.0551. The Hall–Kier alpha value is -1.82. The second kappa shape index (κ2) is 7.09. The zero-order chi connectivity index (χ0) is 14.4. The van der Waals surface area contributed by atoms with Crippen LogP contribution in [-0.4, -0.2) is 16.1 Å². The summed E-state index contributed by atoms with van der Waals surface area (Å²) in [5.74, 6) is -0.309. The molecular weight excluding hydrogens is 277 g/mol. The molecule has 2 rings (SSSR count). The summed E-state index contributed by atoms with van der Waals surface area (Å²) in [7, 11) is 0. The molecule has 1 aromatic heterocycles. The summed E-state index contributed by atoms with van der Waals surface area (Å²) >= 11 is 1.28. The van der Waals surface area contributed by atoms with Crippen LogP contribution in [0, 0.1) is 5.82 Å². The third kappa shape index (κ3) is 4.09. The Bertz CT molecular complexity index is 585.